The number of piperidine rings is 1. The lowest BCUT2D eigenvalue weighted by Gasteiger charge is -2.40. The van der Waals surface area contributed by atoms with E-state index in [-0.39, 0.29) is 18.1 Å². The lowest BCUT2D eigenvalue weighted by molar-refractivity contribution is -0.139. The SMILES string of the molecule is C#CCOC(=O)Nc1ccc(N2CCC3(CC2)CCN([C@H]2CC[C@@H](O)CC2)C3=O)nc1. The van der Waals surface area contributed by atoms with Crippen LogP contribution >= 0.6 is 0 Å². The van der Waals surface area contributed by atoms with E-state index in [2.05, 4.69) is 26.0 Å². The van der Waals surface area contributed by atoms with Crippen LogP contribution in [0.1, 0.15) is 44.9 Å². The Hall–Kier alpha value is -2.79. The predicted molar refractivity (Wildman–Crippen MR) is 117 cm³/mol. The van der Waals surface area contributed by atoms with Crippen molar-refractivity contribution in [2.45, 2.75) is 57.1 Å². The topological polar surface area (TPSA) is 95.0 Å². The van der Waals surface area contributed by atoms with Gasteiger partial charge in [-0.15, -0.1) is 6.42 Å². The number of aromatic nitrogens is 1. The van der Waals surface area contributed by atoms with E-state index >= 15 is 0 Å². The maximum atomic E-state index is 13.3. The average molecular weight is 427 g/mol. The van der Waals surface area contributed by atoms with Crippen molar-refractivity contribution < 1.29 is 19.4 Å². The molecule has 1 spiro atoms. The Morgan fingerprint density at radius 2 is 1.94 bits per heavy atom. The molecule has 1 saturated carbocycles. The molecule has 3 fully saturated rings. The summed E-state index contributed by atoms with van der Waals surface area (Å²) >= 11 is 0. The van der Waals surface area contributed by atoms with E-state index in [0.29, 0.717) is 17.6 Å². The lowest BCUT2D eigenvalue weighted by atomic mass is 9.77. The minimum atomic E-state index is -0.607. The molecule has 2 N–H and O–H groups in total. The summed E-state index contributed by atoms with van der Waals surface area (Å²) in [6.45, 7) is 2.33. The monoisotopic (exact) mass is 426 g/mol. The van der Waals surface area contributed by atoms with Gasteiger partial charge in [0.25, 0.3) is 0 Å². The molecule has 0 radical (unpaired) electrons. The van der Waals surface area contributed by atoms with E-state index in [1.165, 1.54) is 0 Å². The van der Waals surface area contributed by atoms with Crippen LogP contribution in [0.2, 0.25) is 0 Å². The number of ether oxygens (including phenoxy) is 1. The second-order valence-electron chi connectivity index (χ2n) is 8.79. The minimum Gasteiger partial charge on any atom is -0.436 e. The molecule has 2 amide bonds. The summed E-state index contributed by atoms with van der Waals surface area (Å²) in [6, 6.07) is 3.94. The first-order chi connectivity index (χ1) is 15.0. The smallest absolute Gasteiger partial charge is 0.412 e. The van der Waals surface area contributed by atoms with Gasteiger partial charge in [-0.2, -0.15) is 0 Å². The number of hydrogen-bond donors (Lipinski definition) is 2. The molecule has 0 atom stereocenters. The Kier molecular flexibility index (Phi) is 6.33. The van der Waals surface area contributed by atoms with Gasteiger partial charge >= 0.3 is 6.09 Å². The standard InChI is InChI=1S/C23H30N4O4/c1-2-15-31-22(30)25-17-3-8-20(24-16-17)26-12-9-23(10-13-26)11-14-27(21(23)29)18-4-6-19(28)7-5-18/h1,3,8,16,18-19,28H,4-7,9-15H2,(H,25,30)/t18-,19+. The molecule has 3 heterocycles. The molecule has 0 unspecified atom stereocenters. The van der Waals surface area contributed by atoms with Crippen LogP contribution < -0.4 is 10.2 Å². The number of rotatable bonds is 4. The first kappa shape index (κ1) is 21.4. The molecule has 4 rings (SSSR count). The van der Waals surface area contributed by atoms with Gasteiger partial charge in [0.05, 0.1) is 23.4 Å². The van der Waals surface area contributed by atoms with Crippen LogP contribution in [0.3, 0.4) is 0 Å². The fourth-order valence-corrected chi connectivity index (χ4v) is 5.10. The summed E-state index contributed by atoms with van der Waals surface area (Å²) in [5.74, 6) is 3.39. The Labute approximate surface area is 183 Å². The summed E-state index contributed by atoms with van der Waals surface area (Å²) in [5.41, 5.74) is 0.299. The third-order valence-electron chi connectivity index (χ3n) is 6.98. The van der Waals surface area contributed by atoms with Gasteiger partial charge in [-0.25, -0.2) is 9.78 Å². The van der Waals surface area contributed by atoms with E-state index in [1.54, 1.807) is 12.3 Å². The average Bonchev–Trinajstić information content (AvgIpc) is 3.10. The third kappa shape index (κ3) is 4.62. The number of terminal acetylenes is 1. The van der Waals surface area contributed by atoms with E-state index in [1.807, 2.05) is 6.07 Å². The number of carbonyl (C=O) groups excluding carboxylic acids is 2. The number of pyridine rings is 1. The molecule has 31 heavy (non-hydrogen) atoms. The quantitative estimate of drug-likeness (QED) is 0.718. The van der Waals surface area contributed by atoms with Gasteiger partial charge in [0.2, 0.25) is 5.91 Å². The van der Waals surface area contributed by atoms with E-state index in [4.69, 9.17) is 11.2 Å². The van der Waals surface area contributed by atoms with Crippen molar-refractivity contribution >= 4 is 23.5 Å². The maximum absolute atomic E-state index is 13.3. The molecule has 1 aliphatic carbocycles. The van der Waals surface area contributed by atoms with Gasteiger partial charge in [-0.05, 0) is 57.1 Å². The fourth-order valence-electron chi connectivity index (χ4n) is 5.10. The largest absolute Gasteiger partial charge is 0.436 e. The molecule has 3 aliphatic rings. The Morgan fingerprint density at radius 1 is 1.23 bits per heavy atom. The van der Waals surface area contributed by atoms with Crippen LogP contribution in [0.25, 0.3) is 0 Å². The highest BCUT2D eigenvalue weighted by Crippen LogP contribution is 2.44. The van der Waals surface area contributed by atoms with E-state index in [9.17, 15) is 14.7 Å². The molecule has 0 aromatic carbocycles. The minimum absolute atomic E-state index is 0.0777. The van der Waals surface area contributed by atoms with Gasteiger partial charge in [0, 0.05) is 25.7 Å². The van der Waals surface area contributed by atoms with Gasteiger partial charge in [0.15, 0.2) is 6.61 Å². The lowest BCUT2D eigenvalue weighted by Crippen LogP contribution is -2.47. The Balaban J connectivity index is 1.31. The summed E-state index contributed by atoms with van der Waals surface area (Å²) in [4.78, 5) is 33.6. The van der Waals surface area contributed by atoms with Crippen molar-refractivity contribution in [2.24, 2.45) is 5.41 Å². The number of hydrogen-bond acceptors (Lipinski definition) is 6. The molecule has 2 saturated heterocycles. The number of nitrogens with one attached hydrogen (secondary N) is 1. The first-order valence-electron chi connectivity index (χ1n) is 11.1. The van der Waals surface area contributed by atoms with Crippen LogP contribution in [-0.4, -0.2) is 65.4 Å². The molecule has 8 nitrogen and oxygen atoms in total. The van der Waals surface area contributed by atoms with Crippen LogP contribution in [0.5, 0.6) is 0 Å². The number of aliphatic hydroxyl groups excluding tert-OH is 1. The Bertz CT molecular complexity index is 834. The number of amides is 2. The number of nitrogens with zero attached hydrogens (tertiary/aromatic N) is 3. The van der Waals surface area contributed by atoms with Crippen LogP contribution in [0.4, 0.5) is 16.3 Å². The molecule has 1 aromatic heterocycles. The first-order valence-corrected chi connectivity index (χ1v) is 11.1. The van der Waals surface area contributed by atoms with Gasteiger partial charge in [0.1, 0.15) is 5.82 Å². The molecule has 1 aromatic rings. The third-order valence-corrected chi connectivity index (χ3v) is 6.98. The zero-order valence-electron chi connectivity index (χ0n) is 17.8. The highest BCUT2D eigenvalue weighted by molar-refractivity contribution is 5.86. The molecular formula is C23H30N4O4. The second-order valence-corrected chi connectivity index (χ2v) is 8.79. The predicted octanol–water partition coefficient (Wildman–Crippen LogP) is 2.39. The molecule has 0 bridgehead atoms. The van der Waals surface area contributed by atoms with E-state index < -0.39 is 6.09 Å². The molecular weight excluding hydrogens is 396 g/mol. The van der Waals surface area contributed by atoms with Crippen LogP contribution in [0.15, 0.2) is 18.3 Å². The number of carbonyl (C=O) groups is 2. The molecule has 8 heteroatoms. The summed E-state index contributed by atoms with van der Waals surface area (Å²) in [7, 11) is 0. The van der Waals surface area contributed by atoms with Crippen molar-refractivity contribution in [2.75, 3.05) is 36.5 Å². The molecule has 2 aliphatic heterocycles. The zero-order valence-corrected chi connectivity index (χ0v) is 17.8. The van der Waals surface area contributed by atoms with Crippen LogP contribution in [-0.2, 0) is 9.53 Å². The maximum Gasteiger partial charge on any atom is 0.412 e. The van der Waals surface area contributed by atoms with Crippen molar-refractivity contribution in [3.05, 3.63) is 18.3 Å². The number of likely N-dealkylation sites (tertiary alicyclic amines) is 1. The van der Waals surface area contributed by atoms with Gasteiger partial charge < -0.3 is 19.6 Å². The number of aliphatic hydroxyl groups is 1. The van der Waals surface area contributed by atoms with Crippen molar-refractivity contribution in [3.8, 4) is 12.3 Å². The van der Waals surface area contributed by atoms with Crippen molar-refractivity contribution in [3.63, 3.8) is 0 Å². The Morgan fingerprint density at radius 3 is 2.58 bits per heavy atom. The highest BCUT2D eigenvalue weighted by Gasteiger charge is 2.50. The van der Waals surface area contributed by atoms with Gasteiger partial charge in [-0.1, -0.05) is 5.92 Å². The normalized spacial score (nSPS) is 25.4. The second kappa shape index (κ2) is 9.15. The highest BCUT2D eigenvalue weighted by atomic mass is 16.5. The van der Waals surface area contributed by atoms with E-state index in [0.717, 1.165) is 70.4 Å². The van der Waals surface area contributed by atoms with Crippen molar-refractivity contribution in [1.82, 2.24) is 9.88 Å². The van der Waals surface area contributed by atoms with Crippen LogP contribution in [0, 0.1) is 17.8 Å². The fraction of sp³-hybridized carbons (Fsp3) is 0.609. The summed E-state index contributed by atoms with van der Waals surface area (Å²) < 4.78 is 4.79. The molecule has 166 valence electrons. The van der Waals surface area contributed by atoms with Gasteiger partial charge in [-0.3, -0.25) is 10.1 Å². The summed E-state index contributed by atoms with van der Waals surface area (Å²) in [6.07, 6.45) is 11.9. The zero-order chi connectivity index (χ0) is 21.8. The summed E-state index contributed by atoms with van der Waals surface area (Å²) in [5, 5.41) is 12.3. The number of anilines is 2. The van der Waals surface area contributed by atoms with Crippen molar-refractivity contribution in [1.29, 1.82) is 0 Å².